The van der Waals surface area contributed by atoms with Gasteiger partial charge in [-0.2, -0.15) is 8.42 Å². The number of amidine groups is 1. The van der Waals surface area contributed by atoms with E-state index < -0.39 is 10.0 Å². The first-order valence-corrected chi connectivity index (χ1v) is 10.2. The van der Waals surface area contributed by atoms with Gasteiger partial charge in [0.05, 0.1) is 5.69 Å². The largest absolute Gasteiger partial charge is 0.347 e. The molecule has 0 spiro atoms. The minimum absolute atomic E-state index is 0.183. The molecule has 2 heterocycles. The number of nitrogens with one attached hydrogen (secondary N) is 1. The van der Waals surface area contributed by atoms with Crippen LogP contribution in [0.5, 0.6) is 0 Å². The van der Waals surface area contributed by atoms with Gasteiger partial charge in [0.2, 0.25) is 0 Å². The Balaban J connectivity index is 1.91. The summed E-state index contributed by atoms with van der Waals surface area (Å²) in [5, 5.41) is 4.16. The lowest BCUT2D eigenvalue weighted by atomic mass is 10.1. The van der Waals surface area contributed by atoms with E-state index in [1.54, 1.807) is 12.1 Å². The van der Waals surface area contributed by atoms with Crippen LogP contribution in [-0.2, 0) is 16.6 Å². The molecule has 25 heavy (non-hydrogen) atoms. The van der Waals surface area contributed by atoms with Gasteiger partial charge in [-0.1, -0.05) is 41.1 Å². The third-order valence-electron chi connectivity index (χ3n) is 4.19. The Morgan fingerprint density at radius 3 is 2.80 bits per heavy atom. The molecule has 0 bridgehead atoms. The van der Waals surface area contributed by atoms with E-state index in [1.165, 1.54) is 0 Å². The van der Waals surface area contributed by atoms with Crippen molar-refractivity contribution in [2.24, 2.45) is 4.40 Å². The van der Waals surface area contributed by atoms with Crippen LogP contribution in [0.1, 0.15) is 18.9 Å². The molecule has 0 saturated carbocycles. The zero-order chi connectivity index (χ0) is 17.6. The molecular formula is C18H16BrN3O2S. The van der Waals surface area contributed by atoms with Crippen LogP contribution in [0.25, 0.3) is 10.9 Å². The summed E-state index contributed by atoms with van der Waals surface area (Å²) in [5.74, 6) is 0.362. The lowest BCUT2D eigenvalue weighted by Crippen LogP contribution is -2.22. The molecule has 4 rings (SSSR count). The number of halogens is 1. The number of rotatable bonds is 3. The number of para-hydroxylation sites is 1. The highest BCUT2D eigenvalue weighted by Gasteiger charge is 2.27. The lowest BCUT2D eigenvalue weighted by Gasteiger charge is -2.18. The molecule has 128 valence electrons. The summed E-state index contributed by atoms with van der Waals surface area (Å²) in [6.07, 6.45) is 2.96. The Kier molecular flexibility index (Phi) is 3.92. The van der Waals surface area contributed by atoms with Gasteiger partial charge in [-0.3, -0.25) is 0 Å². The van der Waals surface area contributed by atoms with E-state index in [2.05, 4.69) is 37.1 Å². The first-order valence-electron chi connectivity index (χ1n) is 7.99. The van der Waals surface area contributed by atoms with Crippen LogP contribution >= 0.6 is 15.9 Å². The maximum atomic E-state index is 12.6. The fourth-order valence-corrected chi connectivity index (χ4v) is 4.78. The van der Waals surface area contributed by atoms with Crippen LogP contribution in [0.15, 0.2) is 62.4 Å². The van der Waals surface area contributed by atoms with Gasteiger partial charge in [-0.15, -0.1) is 4.40 Å². The van der Waals surface area contributed by atoms with Gasteiger partial charge in [0.25, 0.3) is 10.0 Å². The van der Waals surface area contributed by atoms with E-state index in [1.807, 2.05) is 36.5 Å². The second-order valence-electron chi connectivity index (χ2n) is 5.93. The van der Waals surface area contributed by atoms with Gasteiger partial charge in [0.15, 0.2) is 5.84 Å². The van der Waals surface area contributed by atoms with E-state index in [0.717, 1.165) is 29.4 Å². The molecule has 2 aromatic carbocycles. The van der Waals surface area contributed by atoms with Crippen LogP contribution < -0.4 is 5.32 Å². The number of benzene rings is 2. The summed E-state index contributed by atoms with van der Waals surface area (Å²) in [6, 6.07) is 13.1. The molecule has 0 fully saturated rings. The number of anilines is 1. The molecule has 1 aliphatic heterocycles. The molecule has 7 heteroatoms. The Morgan fingerprint density at radius 2 is 2.00 bits per heavy atom. The molecule has 0 amide bonds. The van der Waals surface area contributed by atoms with E-state index in [9.17, 15) is 8.42 Å². The number of hydrogen-bond acceptors (Lipinski definition) is 3. The van der Waals surface area contributed by atoms with Gasteiger partial charge in [-0.05, 0) is 30.7 Å². The minimum atomic E-state index is -3.75. The van der Waals surface area contributed by atoms with Gasteiger partial charge >= 0.3 is 0 Å². The molecule has 5 nitrogen and oxygen atoms in total. The number of aryl methyl sites for hydroxylation is 1. The van der Waals surface area contributed by atoms with E-state index >= 15 is 0 Å². The highest BCUT2D eigenvalue weighted by molar-refractivity contribution is 9.10. The molecule has 3 aromatic rings. The summed E-state index contributed by atoms with van der Waals surface area (Å²) in [4.78, 5) is 0.183. The topological polar surface area (TPSA) is 63.5 Å². The normalized spacial score (nSPS) is 15.5. The van der Waals surface area contributed by atoms with Crippen molar-refractivity contribution < 1.29 is 8.42 Å². The highest BCUT2D eigenvalue weighted by atomic mass is 79.9. The monoisotopic (exact) mass is 417 g/mol. The van der Waals surface area contributed by atoms with Gasteiger partial charge < -0.3 is 9.88 Å². The SMILES string of the molecule is CCCn1cc(C2=NS(=O)(=O)c3cc(Br)ccc3N2)c2ccccc21. The average molecular weight is 418 g/mol. The number of nitrogens with zero attached hydrogens (tertiary/aromatic N) is 2. The van der Waals surface area contributed by atoms with Crippen molar-refractivity contribution in [1.29, 1.82) is 0 Å². The quantitative estimate of drug-likeness (QED) is 0.687. The summed E-state index contributed by atoms with van der Waals surface area (Å²) in [5.41, 5.74) is 2.41. The summed E-state index contributed by atoms with van der Waals surface area (Å²) in [7, 11) is -3.75. The van der Waals surface area contributed by atoms with E-state index in [-0.39, 0.29) is 4.90 Å². The van der Waals surface area contributed by atoms with E-state index in [0.29, 0.717) is 16.0 Å². The molecule has 0 saturated heterocycles. The Bertz CT molecular complexity index is 1120. The zero-order valence-electron chi connectivity index (χ0n) is 13.5. The Labute approximate surface area is 154 Å². The predicted molar refractivity (Wildman–Crippen MR) is 104 cm³/mol. The summed E-state index contributed by atoms with van der Waals surface area (Å²) >= 11 is 3.31. The van der Waals surface area contributed by atoms with Gasteiger partial charge in [0, 0.05) is 33.7 Å². The first-order chi connectivity index (χ1) is 12.0. The smallest absolute Gasteiger partial charge is 0.286 e. The molecule has 0 unspecified atom stereocenters. The standard InChI is InChI=1S/C18H16BrN3O2S/c1-2-9-22-11-14(13-5-3-4-6-16(13)22)18-20-15-8-7-12(19)10-17(15)25(23,24)21-18/h3-8,10-11H,2,9H2,1H3,(H,20,21). The molecular weight excluding hydrogens is 402 g/mol. The fraction of sp³-hybridized carbons (Fsp3) is 0.167. The Hall–Kier alpha value is -2.12. The highest BCUT2D eigenvalue weighted by Crippen LogP contribution is 2.32. The molecule has 0 atom stereocenters. The summed E-state index contributed by atoms with van der Waals surface area (Å²) in [6.45, 7) is 2.98. The molecule has 1 N–H and O–H groups in total. The second kappa shape index (κ2) is 6.00. The van der Waals surface area contributed by atoms with Crippen molar-refractivity contribution in [3.63, 3.8) is 0 Å². The van der Waals surface area contributed by atoms with Crippen LogP contribution in [0.4, 0.5) is 5.69 Å². The van der Waals surface area contributed by atoms with Crippen molar-refractivity contribution in [3.8, 4) is 0 Å². The van der Waals surface area contributed by atoms with Crippen molar-refractivity contribution >= 4 is 48.4 Å². The molecule has 1 aliphatic rings. The van der Waals surface area contributed by atoms with Crippen molar-refractivity contribution in [2.45, 2.75) is 24.8 Å². The van der Waals surface area contributed by atoms with Crippen LogP contribution in [0, 0.1) is 0 Å². The molecule has 1 aromatic heterocycles. The summed E-state index contributed by atoms with van der Waals surface area (Å²) < 4.78 is 32.1. The fourth-order valence-electron chi connectivity index (χ4n) is 3.11. The maximum absolute atomic E-state index is 12.6. The van der Waals surface area contributed by atoms with E-state index in [4.69, 9.17) is 0 Å². The Morgan fingerprint density at radius 1 is 1.20 bits per heavy atom. The second-order valence-corrected chi connectivity index (χ2v) is 8.42. The molecule has 0 aliphatic carbocycles. The van der Waals surface area contributed by atoms with Gasteiger partial charge in [0.1, 0.15) is 4.90 Å². The maximum Gasteiger partial charge on any atom is 0.286 e. The minimum Gasteiger partial charge on any atom is -0.347 e. The average Bonchev–Trinajstić information content (AvgIpc) is 2.94. The van der Waals surface area contributed by atoms with Crippen molar-refractivity contribution in [3.05, 3.63) is 58.7 Å². The first kappa shape index (κ1) is 16.4. The molecule has 0 radical (unpaired) electrons. The van der Waals surface area contributed by atoms with Crippen LogP contribution in [0.3, 0.4) is 0 Å². The number of aromatic nitrogens is 1. The number of sulfonamides is 1. The van der Waals surface area contributed by atoms with Crippen molar-refractivity contribution in [1.82, 2.24) is 4.57 Å². The lowest BCUT2D eigenvalue weighted by molar-refractivity contribution is 0.598. The van der Waals surface area contributed by atoms with Crippen LogP contribution in [-0.4, -0.2) is 18.8 Å². The number of fused-ring (bicyclic) bond motifs is 2. The van der Waals surface area contributed by atoms with Crippen LogP contribution in [0.2, 0.25) is 0 Å². The van der Waals surface area contributed by atoms with Gasteiger partial charge in [-0.25, -0.2) is 0 Å². The zero-order valence-corrected chi connectivity index (χ0v) is 15.9. The predicted octanol–water partition coefficient (Wildman–Crippen LogP) is 4.37. The third kappa shape index (κ3) is 2.77. The van der Waals surface area contributed by atoms with Crippen molar-refractivity contribution in [2.75, 3.05) is 5.32 Å². The number of hydrogen-bond donors (Lipinski definition) is 1. The third-order valence-corrected chi connectivity index (χ3v) is 6.00.